The monoisotopic (exact) mass is 480 g/mol. The zero-order valence-electron chi connectivity index (χ0n) is 17.8. The quantitative estimate of drug-likeness (QED) is 0.145. The highest BCUT2D eigenvalue weighted by atomic mass is 32.2. The molecule has 0 aromatic heterocycles. The Balaban J connectivity index is 5.11. The highest BCUT2D eigenvalue weighted by molar-refractivity contribution is 7.98. The van der Waals surface area contributed by atoms with Gasteiger partial charge in [0, 0.05) is 12.2 Å². The number of carbonyl (C=O) groups is 5. The molecule has 7 N–H and O–H groups in total. The summed E-state index contributed by atoms with van der Waals surface area (Å²) in [6.45, 7) is 3.42. The summed E-state index contributed by atoms with van der Waals surface area (Å²) >= 11 is 5.56. The molecule has 13 heteroatoms. The number of nitrogens with one attached hydrogen (secondary N) is 3. The Kier molecular flexibility index (Phi) is 14.0. The molecular formula is C18H32N4O7S2. The van der Waals surface area contributed by atoms with E-state index in [0.717, 1.165) is 0 Å². The second-order valence-corrected chi connectivity index (χ2v) is 8.54. The maximum absolute atomic E-state index is 12.7. The van der Waals surface area contributed by atoms with E-state index in [2.05, 4.69) is 28.6 Å². The Hall–Kier alpha value is -1.99. The summed E-state index contributed by atoms with van der Waals surface area (Å²) in [6.07, 6.45) is 1.55. The molecule has 31 heavy (non-hydrogen) atoms. The van der Waals surface area contributed by atoms with E-state index < -0.39 is 60.2 Å². The molecule has 0 saturated heterocycles. The molecule has 4 unspecified atom stereocenters. The van der Waals surface area contributed by atoms with Gasteiger partial charge in [-0.2, -0.15) is 24.4 Å². The van der Waals surface area contributed by atoms with Crippen LogP contribution in [0.25, 0.3) is 0 Å². The minimum Gasteiger partial charge on any atom is -0.481 e. The second kappa shape index (κ2) is 14.9. The van der Waals surface area contributed by atoms with Crippen molar-refractivity contribution in [2.75, 3.05) is 17.8 Å². The minimum atomic E-state index is -1.43. The van der Waals surface area contributed by atoms with Crippen molar-refractivity contribution in [3.8, 4) is 0 Å². The highest BCUT2D eigenvalue weighted by Crippen LogP contribution is 2.06. The molecule has 0 fully saturated rings. The summed E-state index contributed by atoms with van der Waals surface area (Å²) < 4.78 is 0. The van der Waals surface area contributed by atoms with Crippen LogP contribution in [-0.4, -0.2) is 81.8 Å². The Morgan fingerprint density at radius 2 is 1.52 bits per heavy atom. The summed E-state index contributed by atoms with van der Waals surface area (Å²) in [5.74, 6) is -4.34. The van der Waals surface area contributed by atoms with Crippen LogP contribution in [0, 0.1) is 5.92 Å². The third-order valence-corrected chi connectivity index (χ3v) is 5.30. The molecular weight excluding hydrogens is 448 g/mol. The van der Waals surface area contributed by atoms with E-state index in [4.69, 9.17) is 10.8 Å². The van der Waals surface area contributed by atoms with Crippen LogP contribution in [0.5, 0.6) is 0 Å². The molecule has 3 amide bonds. The van der Waals surface area contributed by atoms with Crippen molar-refractivity contribution in [2.45, 2.75) is 57.3 Å². The van der Waals surface area contributed by atoms with Crippen molar-refractivity contribution in [2.24, 2.45) is 11.7 Å². The molecule has 0 rings (SSSR count). The van der Waals surface area contributed by atoms with E-state index >= 15 is 0 Å². The first kappa shape index (κ1) is 29.0. The minimum absolute atomic E-state index is 0.144. The van der Waals surface area contributed by atoms with Crippen LogP contribution >= 0.6 is 24.4 Å². The van der Waals surface area contributed by atoms with Gasteiger partial charge in [0.05, 0.1) is 6.04 Å². The molecule has 0 radical (unpaired) electrons. The highest BCUT2D eigenvalue weighted by Gasteiger charge is 2.31. The predicted octanol–water partition coefficient (Wildman–Crippen LogP) is -0.944. The van der Waals surface area contributed by atoms with Gasteiger partial charge in [0.2, 0.25) is 17.7 Å². The molecule has 0 heterocycles. The van der Waals surface area contributed by atoms with Crippen molar-refractivity contribution in [3.05, 3.63) is 0 Å². The van der Waals surface area contributed by atoms with E-state index in [1.807, 2.05) is 6.26 Å². The number of rotatable bonds is 15. The van der Waals surface area contributed by atoms with E-state index in [1.165, 1.54) is 11.8 Å². The zero-order valence-corrected chi connectivity index (χ0v) is 19.5. The molecule has 0 saturated carbocycles. The third kappa shape index (κ3) is 11.3. The molecule has 4 atom stereocenters. The molecule has 11 nitrogen and oxygen atoms in total. The molecule has 0 aliphatic rings. The van der Waals surface area contributed by atoms with Crippen LogP contribution < -0.4 is 21.7 Å². The fourth-order valence-corrected chi connectivity index (χ4v) is 3.17. The average Bonchev–Trinajstić information content (AvgIpc) is 2.69. The van der Waals surface area contributed by atoms with Gasteiger partial charge < -0.3 is 31.9 Å². The van der Waals surface area contributed by atoms with E-state index in [-0.39, 0.29) is 18.1 Å². The van der Waals surface area contributed by atoms with Crippen molar-refractivity contribution in [3.63, 3.8) is 0 Å². The lowest BCUT2D eigenvalue weighted by Crippen LogP contribution is -2.59. The first-order valence-corrected chi connectivity index (χ1v) is 11.7. The van der Waals surface area contributed by atoms with Crippen LogP contribution in [0.4, 0.5) is 0 Å². The number of thioether (sulfide) groups is 1. The van der Waals surface area contributed by atoms with E-state index in [0.29, 0.717) is 12.2 Å². The van der Waals surface area contributed by atoms with Gasteiger partial charge >= 0.3 is 11.9 Å². The van der Waals surface area contributed by atoms with Crippen LogP contribution in [0.3, 0.4) is 0 Å². The Morgan fingerprint density at radius 3 is 1.97 bits per heavy atom. The van der Waals surface area contributed by atoms with Gasteiger partial charge in [-0.3, -0.25) is 19.2 Å². The van der Waals surface area contributed by atoms with Gasteiger partial charge in [-0.1, -0.05) is 13.8 Å². The fraction of sp³-hybridized carbons (Fsp3) is 0.722. The number of thiol groups is 1. The number of carboxylic acid groups (broad SMARTS) is 2. The molecule has 0 bridgehead atoms. The predicted molar refractivity (Wildman–Crippen MR) is 120 cm³/mol. The number of hydrogen-bond donors (Lipinski definition) is 7. The topological polar surface area (TPSA) is 188 Å². The maximum atomic E-state index is 12.7. The smallest absolute Gasteiger partial charge is 0.326 e. The molecule has 0 aliphatic heterocycles. The Bertz CT molecular complexity index is 648. The molecule has 178 valence electrons. The van der Waals surface area contributed by atoms with Gasteiger partial charge in [0.15, 0.2) is 0 Å². The third-order valence-electron chi connectivity index (χ3n) is 4.29. The molecule has 0 spiro atoms. The number of aliphatic carboxylic acids is 2. The summed E-state index contributed by atoms with van der Waals surface area (Å²) in [4.78, 5) is 59.3. The van der Waals surface area contributed by atoms with Gasteiger partial charge in [-0.05, 0) is 30.8 Å². The Labute approximate surface area is 191 Å². The Morgan fingerprint density at radius 1 is 0.935 bits per heavy atom. The van der Waals surface area contributed by atoms with E-state index in [1.54, 1.807) is 13.8 Å². The van der Waals surface area contributed by atoms with Crippen molar-refractivity contribution < 1.29 is 34.2 Å². The van der Waals surface area contributed by atoms with Gasteiger partial charge in [-0.15, -0.1) is 0 Å². The summed E-state index contributed by atoms with van der Waals surface area (Å²) in [5.41, 5.74) is 5.83. The van der Waals surface area contributed by atoms with Gasteiger partial charge in [-0.25, -0.2) is 4.79 Å². The lowest BCUT2D eigenvalue weighted by atomic mass is 10.0. The first-order valence-electron chi connectivity index (χ1n) is 9.65. The SMILES string of the molecule is CSCCC(N)C(=O)NC(C(=O)NC(CS)C(=O)NC(CCC(=O)O)C(=O)O)C(C)C. The van der Waals surface area contributed by atoms with Gasteiger partial charge in [0.1, 0.15) is 18.1 Å². The van der Waals surface area contributed by atoms with Crippen LogP contribution in [0.15, 0.2) is 0 Å². The van der Waals surface area contributed by atoms with Crippen molar-refractivity contribution >= 4 is 54.1 Å². The fourth-order valence-electron chi connectivity index (χ4n) is 2.42. The number of amides is 3. The van der Waals surface area contributed by atoms with Crippen molar-refractivity contribution in [1.82, 2.24) is 16.0 Å². The summed E-state index contributed by atoms with van der Waals surface area (Å²) in [5, 5.41) is 25.1. The molecule has 0 aliphatic carbocycles. The van der Waals surface area contributed by atoms with Gasteiger partial charge in [0.25, 0.3) is 0 Å². The zero-order chi connectivity index (χ0) is 24.1. The number of carboxylic acids is 2. The molecule has 0 aromatic rings. The largest absolute Gasteiger partial charge is 0.481 e. The lowest BCUT2D eigenvalue weighted by Gasteiger charge is -2.26. The van der Waals surface area contributed by atoms with Crippen LogP contribution in [0.1, 0.15) is 33.1 Å². The first-order chi connectivity index (χ1) is 14.4. The standard InChI is InChI=1S/C18H32N4O7S2/c1-9(2)14(22-15(25)10(19)6-7-31-3)17(27)21-12(8-30)16(26)20-11(18(28)29)4-5-13(23)24/h9-12,14,30H,4-8,19H2,1-3H3,(H,20,26)(H,21,27)(H,22,25)(H,23,24)(H,28,29). The number of hydrogen-bond acceptors (Lipinski definition) is 8. The maximum Gasteiger partial charge on any atom is 0.326 e. The van der Waals surface area contributed by atoms with Crippen LogP contribution in [-0.2, 0) is 24.0 Å². The average molecular weight is 481 g/mol. The van der Waals surface area contributed by atoms with Crippen molar-refractivity contribution in [1.29, 1.82) is 0 Å². The molecule has 0 aromatic carbocycles. The summed E-state index contributed by atoms with van der Waals surface area (Å²) in [6, 6.07) is -4.37. The number of nitrogens with two attached hydrogens (primary N) is 1. The second-order valence-electron chi connectivity index (χ2n) is 7.19. The summed E-state index contributed by atoms with van der Waals surface area (Å²) in [7, 11) is 0. The van der Waals surface area contributed by atoms with E-state index in [9.17, 15) is 29.1 Å². The van der Waals surface area contributed by atoms with Crippen LogP contribution in [0.2, 0.25) is 0 Å². The normalized spacial score (nSPS) is 14.8. The number of carbonyl (C=O) groups excluding carboxylic acids is 3. The lowest BCUT2D eigenvalue weighted by molar-refractivity contribution is -0.143.